The predicted molar refractivity (Wildman–Crippen MR) is 85.3 cm³/mol. The number of likely N-dealkylation sites (tertiary alicyclic amines) is 1. The van der Waals surface area contributed by atoms with Gasteiger partial charge in [0.05, 0.1) is 6.61 Å². The van der Waals surface area contributed by atoms with Crippen LogP contribution in [-0.2, 0) is 13.0 Å². The smallest absolute Gasteiger partial charge is 0.127 e. The molecule has 1 aromatic rings. The van der Waals surface area contributed by atoms with Gasteiger partial charge in [0.1, 0.15) is 5.75 Å². The molecule has 4 heteroatoms. The molecule has 3 nitrogen and oxygen atoms in total. The summed E-state index contributed by atoms with van der Waals surface area (Å²) in [6, 6.07) is 5.07. The largest absolute Gasteiger partial charge is 0.493 e. The van der Waals surface area contributed by atoms with E-state index in [0.717, 1.165) is 38.4 Å². The topological polar surface area (TPSA) is 24.5 Å². The van der Waals surface area contributed by atoms with Crippen LogP contribution in [-0.4, -0.2) is 37.2 Å². The lowest BCUT2D eigenvalue weighted by Crippen LogP contribution is -2.45. The van der Waals surface area contributed by atoms with Crippen molar-refractivity contribution < 1.29 is 4.74 Å². The van der Waals surface area contributed by atoms with Crippen molar-refractivity contribution in [1.29, 1.82) is 0 Å². The Balaban J connectivity index is 1.71. The van der Waals surface area contributed by atoms with E-state index < -0.39 is 0 Å². The van der Waals surface area contributed by atoms with Gasteiger partial charge < -0.3 is 10.1 Å². The highest BCUT2D eigenvalue weighted by Crippen LogP contribution is 2.34. The van der Waals surface area contributed by atoms with Crippen LogP contribution in [0.2, 0.25) is 0 Å². The highest BCUT2D eigenvalue weighted by atomic mass is 79.9. The van der Waals surface area contributed by atoms with E-state index in [1.54, 1.807) is 0 Å². The van der Waals surface area contributed by atoms with E-state index >= 15 is 0 Å². The van der Waals surface area contributed by atoms with Gasteiger partial charge in [0.2, 0.25) is 0 Å². The first kappa shape index (κ1) is 14.4. The average Bonchev–Trinajstić information content (AvgIpc) is 2.87. The molecule has 0 aromatic heterocycles. The number of piperidine rings is 1. The molecule has 0 spiro atoms. The maximum Gasteiger partial charge on any atom is 0.127 e. The highest BCUT2D eigenvalue weighted by Gasteiger charge is 2.23. The van der Waals surface area contributed by atoms with E-state index in [1.165, 1.54) is 35.0 Å². The van der Waals surface area contributed by atoms with Crippen molar-refractivity contribution in [2.45, 2.75) is 38.8 Å². The predicted octanol–water partition coefficient (Wildman–Crippen LogP) is 2.96. The molecule has 3 rings (SSSR count). The fraction of sp³-hybridized carbons (Fsp3) is 0.625. The van der Waals surface area contributed by atoms with Gasteiger partial charge in [-0.1, -0.05) is 22.9 Å². The molecule has 1 N–H and O–H groups in total. The molecule has 2 aliphatic rings. The molecule has 2 heterocycles. The minimum atomic E-state index is 0.648. The number of ether oxygens (including phenoxy) is 1. The van der Waals surface area contributed by atoms with E-state index in [0.29, 0.717) is 6.04 Å². The van der Waals surface area contributed by atoms with Gasteiger partial charge in [-0.05, 0) is 43.6 Å². The molecule has 1 atom stereocenters. The maximum absolute atomic E-state index is 5.84. The number of hydrogen-bond donors (Lipinski definition) is 1. The van der Waals surface area contributed by atoms with Crippen molar-refractivity contribution >= 4 is 15.9 Å². The molecule has 0 saturated carbocycles. The van der Waals surface area contributed by atoms with E-state index in [2.05, 4.69) is 45.2 Å². The van der Waals surface area contributed by atoms with Crippen LogP contribution in [0.4, 0.5) is 0 Å². The Morgan fingerprint density at radius 3 is 3.20 bits per heavy atom. The molecule has 1 unspecified atom stereocenters. The zero-order valence-corrected chi connectivity index (χ0v) is 13.7. The van der Waals surface area contributed by atoms with Gasteiger partial charge in [-0.15, -0.1) is 0 Å². The summed E-state index contributed by atoms with van der Waals surface area (Å²) < 4.78 is 7.02. The number of likely N-dealkylation sites (N-methyl/N-ethyl adjacent to an activating group) is 1. The number of nitrogens with one attached hydrogen (secondary N) is 1. The average molecular weight is 339 g/mol. The zero-order valence-electron chi connectivity index (χ0n) is 12.1. The Morgan fingerprint density at radius 1 is 1.45 bits per heavy atom. The van der Waals surface area contributed by atoms with E-state index in [4.69, 9.17) is 4.74 Å². The number of benzene rings is 1. The van der Waals surface area contributed by atoms with Crippen LogP contribution >= 0.6 is 15.9 Å². The molecule has 20 heavy (non-hydrogen) atoms. The highest BCUT2D eigenvalue weighted by molar-refractivity contribution is 9.10. The zero-order chi connectivity index (χ0) is 13.9. The molecule has 1 saturated heterocycles. The first-order valence-corrected chi connectivity index (χ1v) is 8.45. The molecule has 110 valence electrons. The lowest BCUT2D eigenvalue weighted by atomic mass is 10.0. The first-order chi connectivity index (χ1) is 9.76. The van der Waals surface area contributed by atoms with E-state index in [1.807, 2.05) is 0 Å². The molecular weight excluding hydrogens is 316 g/mol. The fourth-order valence-electron chi connectivity index (χ4n) is 3.36. The summed E-state index contributed by atoms with van der Waals surface area (Å²) in [6.45, 7) is 7.43. The van der Waals surface area contributed by atoms with Gasteiger partial charge in [0.15, 0.2) is 0 Å². The van der Waals surface area contributed by atoms with Crippen molar-refractivity contribution in [1.82, 2.24) is 10.2 Å². The number of rotatable bonds is 4. The molecule has 1 fully saturated rings. The summed E-state index contributed by atoms with van der Waals surface area (Å²) >= 11 is 3.63. The third-order valence-corrected chi connectivity index (χ3v) is 4.68. The van der Waals surface area contributed by atoms with Crippen molar-refractivity contribution in [3.63, 3.8) is 0 Å². The van der Waals surface area contributed by atoms with Crippen LogP contribution < -0.4 is 10.1 Å². The Bertz CT molecular complexity index is 476. The molecular formula is C16H23BrN2O. The molecule has 0 bridgehead atoms. The normalized spacial score (nSPS) is 22.6. The van der Waals surface area contributed by atoms with Crippen LogP contribution in [0.3, 0.4) is 0 Å². The molecule has 0 aliphatic carbocycles. The van der Waals surface area contributed by atoms with Crippen LogP contribution in [0.1, 0.15) is 30.9 Å². The summed E-state index contributed by atoms with van der Waals surface area (Å²) in [5, 5.41) is 3.58. The third-order valence-electron chi connectivity index (χ3n) is 4.22. The Morgan fingerprint density at radius 2 is 2.35 bits per heavy atom. The van der Waals surface area contributed by atoms with Gasteiger partial charge in [0, 0.05) is 35.6 Å². The van der Waals surface area contributed by atoms with Gasteiger partial charge >= 0.3 is 0 Å². The number of hydrogen-bond acceptors (Lipinski definition) is 3. The summed E-state index contributed by atoms with van der Waals surface area (Å²) in [6.07, 6.45) is 3.63. The third kappa shape index (κ3) is 3.18. The van der Waals surface area contributed by atoms with Crippen LogP contribution in [0.15, 0.2) is 16.6 Å². The van der Waals surface area contributed by atoms with Crippen molar-refractivity contribution in [3.05, 3.63) is 27.7 Å². The van der Waals surface area contributed by atoms with Crippen molar-refractivity contribution in [2.75, 3.05) is 26.2 Å². The summed E-state index contributed by atoms with van der Waals surface area (Å²) in [4.78, 5) is 2.56. The second kappa shape index (κ2) is 6.46. The van der Waals surface area contributed by atoms with Crippen LogP contribution in [0.5, 0.6) is 5.75 Å². The van der Waals surface area contributed by atoms with Crippen LogP contribution in [0.25, 0.3) is 0 Å². The maximum atomic E-state index is 5.84. The fourth-order valence-corrected chi connectivity index (χ4v) is 3.91. The minimum Gasteiger partial charge on any atom is -0.493 e. The molecule has 0 amide bonds. The number of halogens is 1. The summed E-state index contributed by atoms with van der Waals surface area (Å²) in [5.74, 6) is 1.14. The van der Waals surface area contributed by atoms with Gasteiger partial charge in [0.25, 0.3) is 0 Å². The minimum absolute atomic E-state index is 0.648. The van der Waals surface area contributed by atoms with E-state index in [9.17, 15) is 0 Å². The van der Waals surface area contributed by atoms with Crippen molar-refractivity contribution in [3.8, 4) is 5.75 Å². The van der Waals surface area contributed by atoms with Crippen LogP contribution in [0, 0.1) is 0 Å². The lowest BCUT2D eigenvalue weighted by molar-refractivity contribution is 0.182. The van der Waals surface area contributed by atoms with E-state index in [-0.39, 0.29) is 0 Å². The van der Waals surface area contributed by atoms with Gasteiger partial charge in [-0.25, -0.2) is 0 Å². The Labute approximate surface area is 129 Å². The molecule has 2 aliphatic heterocycles. The monoisotopic (exact) mass is 338 g/mol. The van der Waals surface area contributed by atoms with Gasteiger partial charge in [-0.3, -0.25) is 4.90 Å². The summed E-state index contributed by atoms with van der Waals surface area (Å²) in [7, 11) is 0. The standard InChI is InChI=1S/C16H23BrN2O/c1-2-18-15-4-3-6-19(11-15)10-13-9-14(17)8-12-5-7-20-16(12)13/h8-9,15,18H,2-7,10-11H2,1H3. The second-order valence-electron chi connectivity index (χ2n) is 5.78. The SMILES string of the molecule is CCNC1CCCN(Cc2cc(Br)cc3c2OCC3)C1. The van der Waals surface area contributed by atoms with Crippen molar-refractivity contribution in [2.24, 2.45) is 0 Å². The molecule has 0 radical (unpaired) electrons. The van der Waals surface area contributed by atoms with Gasteiger partial charge in [-0.2, -0.15) is 0 Å². The lowest BCUT2D eigenvalue weighted by Gasteiger charge is -2.33. The number of nitrogens with zero attached hydrogens (tertiary/aromatic N) is 1. The molecule has 1 aromatic carbocycles. The second-order valence-corrected chi connectivity index (χ2v) is 6.70. The Kier molecular flexibility index (Phi) is 4.64. The summed E-state index contributed by atoms with van der Waals surface area (Å²) in [5.41, 5.74) is 2.69. The Hall–Kier alpha value is -0.580. The quantitative estimate of drug-likeness (QED) is 0.913. The first-order valence-electron chi connectivity index (χ1n) is 7.66. The number of fused-ring (bicyclic) bond motifs is 1.